The summed E-state index contributed by atoms with van der Waals surface area (Å²) >= 11 is 0. The highest BCUT2D eigenvalue weighted by atomic mass is 16.5. The van der Waals surface area contributed by atoms with Gasteiger partial charge in [-0.1, -0.05) is 36.4 Å². The van der Waals surface area contributed by atoms with Gasteiger partial charge in [-0.2, -0.15) is 0 Å². The molecule has 0 spiro atoms. The standard InChI is InChI=1S/C21H27N3O2/c1-15-7-6-8-16(2)21(15)23-14-20(25)24-12-11-22-13-18(24)17-9-4-5-10-19(17)26-3/h4-10,18,22-23H,11-14H2,1-3H3. The van der Waals surface area contributed by atoms with E-state index >= 15 is 0 Å². The average molecular weight is 353 g/mol. The van der Waals surface area contributed by atoms with Crippen LogP contribution < -0.4 is 15.4 Å². The van der Waals surface area contributed by atoms with Crippen LogP contribution in [0.4, 0.5) is 5.69 Å². The molecule has 2 aromatic rings. The average Bonchev–Trinajstić information content (AvgIpc) is 2.67. The van der Waals surface area contributed by atoms with Crippen LogP contribution >= 0.6 is 0 Å². The van der Waals surface area contributed by atoms with Crippen molar-refractivity contribution < 1.29 is 9.53 Å². The first-order valence-electron chi connectivity index (χ1n) is 9.05. The molecule has 5 nitrogen and oxygen atoms in total. The van der Waals surface area contributed by atoms with Crippen molar-refractivity contribution >= 4 is 11.6 Å². The molecule has 26 heavy (non-hydrogen) atoms. The minimum absolute atomic E-state index is 0.0211. The predicted molar refractivity (Wildman–Crippen MR) is 105 cm³/mol. The van der Waals surface area contributed by atoms with Gasteiger partial charge in [-0.3, -0.25) is 4.79 Å². The molecule has 0 aromatic heterocycles. The van der Waals surface area contributed by atoms with Crippen molar-refractivity contribution in [1.82, 2.24) is 10.2 Å². The summed E-state index contributed by atoms with van der Waals surface area (Å²) < 4.78 is 5.51. The maximum Gasteiger partial charge on any atom is 0.242 e. The maximum absolute atomic E-state index is 13.0. The van der Waals surface area contributed by atoms with Gasteiger partial charge in [0.2, 0.25) is 5.91 Å². The van der Waals surface area contributed by atoms with E-state index in [1.54, 1.807) is 7.11 Å². The fourth-order valence-electron chi connectivity index (χ4n) is 3.58. The van der Waals surface area contributed by atoms with Crippen molar-refractivity contribution in [3.05, 3.63) is 59.2 Å². The Labute approximate surface area is 155 Å². The Hall–Kier alpha value is -2.53. The van der Waals surface area contributed by atoms with E-state index in [1.807, 2.05) is 35.2 Å². The Morgan fingerprint density at radius 1 is 1.19 bits per heavy atom. The van der Waals surface area contributed by atoms with E-state index in [2.05, 4.69) is 36.6 Å². The van der Waals surface area contributed by atoms with Crippen LogP contribution in [0.15, 0.2) is 42.5 Å². The number of para-hydroxylation sites is 2. The highest BCUT2D eigenvalue weighted by Crippen LogP contribution is 2.30. The smallest absolute Gasteiger partial charge is 0.242 e. The third kappa shape index (κ3) is 3.83. The zero-order valence-electron chi connectivity index (χ0n) is 15.7. The second-order valence-electron chi connectivity index (χ2n) is 6.67. The van der Waals surface area contributed by atoms with Gasteiger partial charge in [0, 0.05) is 30.9 Å². The lowest BCUT2D eigenvalue weighted by Crippen LogP contribution is -2.50. The molecule has 0 radical (unpaired) electrons. The van der Waals surface area contributed by atoms with E-state index < -0.39 is 0 Å². The summed E-state index contributed by atoms with van der Waals surface area (Å²) in [5.74, 6) is 0.923. The number of ether oxygens (including phenoxy) is 1. The molecule has 0 saturated carbocycles. The van der Waals surface area contributed by atoms with Gasteiger partial charge in [0.1, 0.15) is 5.75 Å². The van der Waals surface area contributed by atoms with Crippen LogP contribution in [0.1, 0.15) is 22.7 Å². The molecule has 0 aliphatic carbocycles. The Morgan fingerprint density at radius 2 is 1.92 bits per heavy atom. The number of anilines is 1. The first kappa shape index (κ1) is 18.3. The summed E-state index contributed by atoms with van der Waals surface area (Å²) in [5.41, 5.74) is 4.39. The molecule has 1 aliphatic rings. The Balaban J connectivity index is 1.76. The van der Waals surface area contributed by atoms with E-state index in [1.165, 1.54) is 0 Å². The van der Waals surface area contributed by atoms with Crippen LogP contribution in [0, 0.1) is 13.8 Å². The van der Waals surface area contributed by atoms with Crippen LogP contribution in [0.3, 0.4) is 0 Å². The van der Waals surface area contributed by atoms with Gasteiger partial charge < -0.3 is 20.3 Å². The number of aryl methyl sites for hydroxylation is 2. The molecule has 1 fully saturated rings. The third-order valence-corrected chi connectivity index (χ3v) is 4.96. The Kier molecular flexibility index (Phi) is 5.78. The van der Waals surface area contributed by atoms with Gasteiger partial charge in [0.15, 0.2) is 0 Å². The second kappa shape index (κ2) is 8.23. The highest BCUT2D eigenvalue weighted by molar-refractivity contribution is 5.82. The highest BCUT2D eigenvalue weighted by Gasteiger charge is 2.29. The molecule has 1 heterocycles. The molecule has 1 atom stereocenters. The molecular weight excluding hydrogens is 326 g/mol. The molecule has 1 saturated heterocycles. The first-order chi connectivity index (χ1) is 12.6. The van der Waals surface area contributed by atoms with Crippen molar-refractivity contribution in [2.45, 2.75) is 19.9 Å². The minimum atomic E-state index is -0.0211. The number of nitrogens with zero attached hydrogens (tertiary/aromatic N) is 1. The molecule has 3 rings (SSSR count). The van der Waals surface area contributed by atoms with Gasteiger partial charge >= 0.3 is 0 Å². The van der Waals surface area contributed by atoms with Crippen LogP contribution in [-0.2, 0) is 4.79 Å². The fraction of sp³-hybridized carbons (Fsp3) is 0.381. The molecule has 1 amide bonds. The number of carbonyl (C=O) groups excluding carboxylic acids is 1. The van der Waals surface area contributed by atoms with Crippen molar-refractivity contribution in [3.8, 4) is 5.75 Å². The number of benzene rings is 2. The lowest BCUT2D eigenvalue weighted by molar-refractivity contribution is -0.132. The molecule has 2 N–H and O–H groups in total. The van der Waals surface area contributed by atoms with Gasteiger partial charge in [0.25, 0.3) is 0 Å². The molecule has 0 bridgehead atoms. The number of methoxy groups -OCH3 is 1. The van der Waals surface area contributed by atoms with Gasteiger partial charge in [-0.05, 0) is 31.0 Å². The predicted octanol–water partition coefficient (Wildman–Crippen LogP) is 2.90. The molecule has 5 heteroatoms. The number of hydrogen-bond donors (Lipinski definition) is 2. The monoisotopic (exact) mass is 353 g/mol. The maximum atomic E-state index is 13.0. The lowest BCUT2D eigenvalue weighted by atomic mass is 10.0. The topological polar surface area (TPSA) is 53.6 Å². The van der Waals surface area contributed by atoms with Crippen molar-refractivity contribution in [1.29, 1.82) is 0 Å². The zero-order valence-corrected chi connectivity index (χ0v) is 15.7. The number of hydrogen-bond acceptors (Lipinski definition) is 4. The van der Waals surface area contributed by atoms with Crippen LogP contribution in [0.25, 0.3) is 0 Å². The lowest BCUT2D eigenvalue weighted by Gasteiger charge is -2.37. The number of piperazine rings is 1. The second-order valence-corrected chi connectivity index (χ2v) is 6.67. The number of amides is 1. The summed E-state index contributed by atoms with van der Waals surface area (Å²) in [6.45, 7) is 6.63. The normalized spacial score (nSPS) is 17.0. The minimum Gasteiger partial charge on any atom is -0.496 e. The Morgan fingerprint density at radius 3 is 2.65 bits per heavy atom. The van der Waals surface area contributed by atoms with E-state index in [9.17, 15) is 4.79 Å². The van der Waals surface area contributed by atoms with Crippen LogP contribution in [-0.4, -0.2) is 44.1 Å². The first-order valence-corrected chi connectivity index (χ1v) is 9.05. The van der Waals surface area contributed by atoms with Crippen molar-refractivity contribution in [2.75, 3.05) is 38.6 Å². The summed E-state index contributed by atoms with van der Waals surface area (Å²) in [6.07, 6.45) is 0. The summed E-state index contributed by atoms with van der Waals surface area (Å²) in [7, 11) is 1.67. The molecule has 138 valence electrons. The summed E-state index contributed by atoms with van der Waals surface area (Å²) in [6, 6.07) is 14.1. The number of nitrogens with one attached hydrogen (secondary N) is 2. The fourth-order valence-corrected chi connectivity index (χ4v) is 3.58. The van der Waals surface area contributed by atoms with Gasteiger partial charge in [0.05, 0.1) is 19.7 Å². The SMILES string of the molecule is COc1ccccc1C1CNCCN1C(=O)CNc1c(C)cccc1C. The van der Waals surface area contributed by atoms with Crippen LogP contribution in [0.2, 0.25) is 0 Å². The molecule has 1 aliphatic heterocycles. The van der Waals surface area contributed by atoms with Crippen molar-refractivity contribution in [2.24, 2.45) is 0 Å². The van der Waals surface area contributed by atoms with E-state index in [4.69, 9.17) is 4.74 Å². The Bertz CT molecular complexity index is 755. The van der Waals surface area contributed by atoms with E-state index in [0.29, 0.717) is 6.54 Å². The largest absolute Gasteiger partial charge is 0.496 e. The third-order valence-electron chi connectivity index (χ3n) is 4.96. The zero-order chi connectivity index (χ0) is 18.5. The van der Waals surface area contributed by atoms with Gasteiger partial charge in [-0.15, -0.1) is 0 Å². The van der Waals surface area contributed by atoms with Gasteiger partial charge in [-0.25, -0.2) is 0 Å². The van der Waals surface area contributed by atoms with E-state index in [0.717, 1.165) is 41.2 Å². The molecular formula is C21H27N3O2. The summed E-state index contributed by atoms with van der Waals surface area (Å²) in [5, 5.41) is 6.73. The number of carbonyl (C=O) groups is 1. The molecule has 2 aromatic carbocycles. The van der Waals surface area contributed by atoms with Crippen molar-refractivity contribution in [3.63, 3.8) is 0 Å². The summed E-state index contributed by atoms with van der Waals surface area (Å²) in [4.78, 5) is 14.9. The molecule has 1 unspecified atom stereocenters. The van der Waals surface area contributed by atoms with E-state index in [-0.39, 0.29) is 18.5 Å². The van der Waals surface area contributed by atoms with Crippen LogP contribution in [0.5, 0.6) is 5.75 Å². The number of rotatable bonds is 5. The quantitative estimate of drug-likeness (QED) is 0.868.